The van der Waals surface area contributed by atoms with E-state index in [1.807, 2.05) is 0 Å². The Balaban J connectivity index is 1.80. The molecule has 0 saturated carbocycles. The van der Waals surface area contributed by atoms with Crippen molar-refractivity contribution in [2.45, 2.75) is 0 Å². The monoisotopic (exact) mass is 328 g/mol. The number of furan rings is 1. The summed E-state index contributed by atoms with van der Waals surface area (Å²) in [5.41, 5.74) is 0.0570. The van der Waals surface area contributed by atoms with Gasteiger partial charge < -0.3 is 4.42 Å². The van der Waals surface area contributed by atoms with Crippen LogP contribution in [-0.4, -0.2) is 5.78 Å². The van der Waals surface area contributed by atoms with Crippen LogP contribution in [-0.2, 0) is 0 Å². The molecule has 0 N–H and O–H groups in total. The highest BCUT2D eigenvalue weighted by Gasteiger charge is 2.11. The Labute approximate surface area is 135 Å². The van der Waals surface area contributed by atoms with E-state index in [0.29, 0.717) is 23.2 Å². The maximum atomic E-state index is 13.7. The highest BCUT2D eigenvalue weighted by atomic mass is 19.1. The molecule has 2 aromatic carbocycles. The predicted molar refractivity (Wildman–Crippen MR) is 83.8 cm³/mol. The van der Waals surface area contributed by atoms with Crippen molar-refractivity contribution in [3.63, 3.8) is 0 Å². The maximum absolute atomic E-state index is 13.7. The predicted octanol–water partition coefficient (Wildman–Crippen LogP) is 5.26. The van der Waals surface area contributed by atoms with Crippen LogP contribution in [0.3, 0.4) is 0 Å². The Morgan fingerprint density at radius 2 is 1.71 bits per heavy atom. The van der Waals surface area contributed by atoms with Crippen LogP contribution in [0.15, 0.2) is 65.1 Å². The molecule has 0 saturated heterocycles. The maximum Gasteiger partial charge on any atom is 0.188 e. The van der Waals surface area contributed by atoms with Crippen LogP contribution in [0.25, 0.3) is 17.4 Å². The number of rotatable bonds is 4. The van der Waals surface area contributed by atoms with Crippen molar-refractivity contribution in [3.05, 3.63) is 89.4 Å². The first-order chi connectivity index (χ1) is 11.5. The molecule has 0 radical (unpaired) electrons. The normalized spacial score (nSPS) is 11.1. The summed E-state index contributed by atoms with van der Waals surface area (Å²) in [4.78, 5) is 11.9. The number of benzene rings is 2. The molecular formula is C19H11F3O2. The Morgan fingerprint density at radius 1 is 0.917 bits per heavy atom. The number of allylic oxidation sites excluding steroid dienone is 1. The summed E-state index contributed by atoms with van der Waals surface area (Å²) in [6.45, 7) is 0. The fraction of sp³-hybridized carbons (Fsp3) is 0. The molecule has 0 spiro atoms. The van der Waals surface area contributed by atoms with Gasteiger partial charge in [-0.3, -0.25) is 4.79 Å². The Kier molecular flexibility index (Phi) is 4.33. The van der Waals surface area contributed by atoms with Crippen LogP contribution in [0, 0.1) is 17.5 Å². The summed E-state index contributed by atoms with van der Waals surface area (Å²) in [6, 6.07) is 12.0. The molecule has 0 atom stereocenters. The third-order valence-electron chi connectivity index (χ3n) is 3.36. The minimum atomic E-state index is -0.934. The van der Waals surface area contributed by atoms with Crippen molar-refractivity contribution >= 4 is 11.9 Å². The van der Waals surface area contributed by atoms with Crippen molar-refractivity contribution in [1.29, 1.82) is 0 Å². The fourth-order valence-corrected chi connectivity index (χ4v) is 2.19. The van der Waals surface area contributed by atoms with E-state index in [2.05, 4.69) is 0 Å². The molecule has 0 unspecified atom stereocenters. The average Bonchev–Trinajstić information content (AvgIpc) is 3.02. The summed E-state index contributed by atoms with van der Waals surface area (Å²) in [6.07, 6.45) is 2.45. The lowest BCUT2D eigenvalue weighted by Crippen LogP contribution is -1.98. The van der Waals surface area contributed by atoms with Gasteiger partial charge in [-0.2, -0.15) is 0 Å². The quantitative estimate of drug-likeness (QED) is 0.483. The van der Waals surface area contributed by atoms with Gasteiger partial charge in [-0.25, -0.2) is 13.2 Å². The highest BCUT2D eigenvalue weighted by Crippen LogP contribution is 2.25. The molecule has 24 heavy (non-hydrogen) atoms. The van der Waals surface area contributed by atoms with E-state index < -0.39 is 23.2 Å². The third kappa shape index (κ3) is 3.30. The van der Waals surface area contributed by atoms with E-state index >= 15 is 0 Å². The molecule has 2 nitrogen and oxygen atoms in total. The van der Waals surface area contributed by atoms with Crippen molar-refractivity contribution in [3.8, 4) is 11.3 Å². The number of carbonyl (C=O) groups is 1. The molecule has 3 rings (SSSR count). The third-order valence-corrected chi connectivity index (χ3v) is 3.36. The van der Waals surface area contributed by atoms with Crippen LogP contribution in [0.2, 0.25) is 0 Å². The van der Waals surface area contributed by atoms with Gasteiger partial charge in [0.2, 0.25) is 0 Å². The summed E-state index contributed by atoms with van der Waals surface area (Å²) in [5, 5.41) is 0. The topological polar surface area (TPSA) is 30.2 Å². The van der Waals surface area contributed by atoms with Gasteiger partial charge >= 0.3 is 0 Å². The first-order valence-electron chi connectivity index (χ1n) is 7.07. The van der Waals surface area contributed by atoms with Crippen LogP contribution < -0.4 is 0 Å². The second kappa shape index (κ2) is 6.58. The summed E-state index contributed by atoms with van der Waals surface area (Å²) in [7, 11) is 0. The molecule has 0 amide bonds. The first kappa shape index (κ1) is 15.8. The molecule has 0 bridgehead atoms. The van der Waals surface area contributed by atoms with Crippen molar-refractivity contribution < 1.29 is 22.4 Å². The van der Waals surface area contributed by atoms with E-state index in [0.717, 1.165) is 18.2 Å². The molecule has 3 aromatic rings. The summed E-state index contributed by atoms with van der Waals surface area (Å²) < 4.78 is 45.5. The Bertz CT molecular complexity index is 926. The largest absolute Gasteiger partial charge is 0.457 e. The lowest BCUT2D eigenvalue weighted by Gasteiger charge is -1.98. The molecular weight excluding hydrogens is 317 g/mol. The van der Waals surface area contributed by atoms with Crippen molar-refractivity contribution in [2.75, 3.05) is 0 Å². The van der Waals surface area contributed by atoms with E-state index in [4.69, 9.17) is 4.42 Å². The minimum absolute atomic E-state index is 0.242. The molecule has 1 aromatic heterocycles. The smallest absolute Gasteiger partial charge is 0.188 e. The van der Waals surface area contributed by atoms with Gasteiger partial charge in [0, 0.05) is 6.07 Å². The van der Waals surface area contributed by atoms with Crippen LogP contribution in [0.5, 0.6) is 0 Å². The summed E-state index contributed by atoms with van der Waals surface area (Å²) in [5.74, 6) is -2.12. The van der Waals surface area contributed by atoms with Gasteiger partial charge in [-0.1, -0.05) is 12.1 Å². The van der Waals surface area contributed by atoms with E-state index in [1.165, 1.54) is 12.1 Å². The van der Waals surface area contributed by atoms with E-state index in [1.54, 1.807) is 30.3 Å². The van der Waals surface area contributed by atoms with Crippen molar-refractivity contribution in [1.82, 2.24) is 0 Å². The van der Waals surface area contributed by atoms with Crippen LogP contribution in [0.1, 0.15) is 16.1 Å². The van der Waals surface area contributed by atoms with E-state index in [9.17, 15) is 18.0 Å². The zero-order valence-electron chi connectivity index (χ0n) is 12.3. The van der Waals surface area contributed by atoms with Gasteiger partial charge in [0.15, 0.2) is 5.78 Å². The summed E-state index contributed by atoms with van der Waals surface area (Å²) >= 11 is 0. The zero-order valence-corrected chi connectivity index (χ0v) is 12.3. The lowest BCUT2D eigenvalue weighted by molar-refractivity contribution is 0.104. The molecule has 0 fully saturated rings. The molecule has 5 heteroatoms. The first-order valence-corrected chi connectivity index (χ1v) is 7.07. The van der Waals surface area contributed by atoms with Gasteiger partial charge in [0.25, 0.3) is 0 Å². The van der Waals surface area contributed by atoms with Gasteiger partial charge in [-0.05, 0) is 48.6 Å². The lowest BCUT2D eigenvalue weighted by atomic mass is 10.1. The number of hydrogen-bond acceptors (Lipinski definition) is 2. The van der Waals surface area contributed by atoms with Gasteiger partial charge in [0.05, 0.1) is 11.1 Å². The molecule has 0 aliphatic carbocycles. The SMILES string of the molecule is O=C(/C=C/c1ccc(-c2ccccc2F)o1)c1ccc(F)cc1F. The number of halogens is 3. The van der Waals surface area contributed by atoms with Crippen LogP contribution >= 0.6 is 0 Å². The van der Waals surface area contributed by atoms with Crippen LogP contribution in [0.4, 0.5) is 13.2 Å². The minimum Gasteiger partial charge on any atom is -0.457 e. The zero-order chi connectivity index (χ0) is 17.1. The molecule has 1 heterocycles. The van der Waals surface area contributed by atoms with Gasteiger partial charge in [-0.15, -0.1) is 0 Å². The molecule has 0 aliphatic rings. The Morgan fingerprint density at radius 3 is 2.46 bits per heavy atom. The molecule has 0 aliphatic heterocycles. The van der Waals surface area contributed by atoms with E-state index in [-0.39, 0.29) is 5.56 Å². The highest BCUT2D eigenvalue weighted by molar-refractivity contribution is 6.06. The molecule has 120 valence electrons. The number of hydrogen-bond donors (Lipinski definition) is 0. The number of carbonyl (C=O) groups excluding carboxylic acids is 1. The second-order valence-electron chi connectivity index (χ2n) is 5.00. The second-order valence-corrected chi connectivity index (χ2v) is 5.00. The van der Waals surface area contributed by atoms with Crippen molar-refractivity contribution in [2.24, 2.45) is 0 Å². The van der Waals surface area contributed by atoms with Gasteiger partial charge in [0.1, 0.15) is 29.0 Å². The standard InChI is InChI=1S/C19H11F3O2/c20-12-5-8-14(17(22)11-12)18(23)9-6-13-7-10-19(24-13)15-3-1-2-4-16(15)21/h1-11H/b9-6+. The fourth-order valence-electron chi connectivity index (χ4n) is 2.19. The Hall–Kier alpha value is -3.08. The average molecular weight is 328 g/mol. The number of ketones is 1.